The van der Waals surface area contributed by atoms with Crippen molar-refractivity contribution in [2.45, 2.75) is 0 Å². The number of benzene rings is 1. The largest absolute Gasteiger partial charge is 0.465 e. The molecule has 0 N–H and O–H groups in total. The van der Waals surface area contributed by atoms with E-state index in [2.05, 4.69) is 9.47 Å². The molecule has 2 rings (SSSR count). The molecule has 21 heavy (non-hydrogen) atoms. The van der Waals surface area contributed by atoms with Crippen molar-refractivity contribution in [3.63, 3.8) is 0 Å². The molecule has 108 valence electrons. The molecule has 0 bridgehead atoms. The lowest BCUT2D eigenvalue weighted by molar-refractivity contribution is -0.119. The predicted molar refractivity (Wildman–Crippen MR) is 70.8 cm³/mol. The summed E-state index contributed by atoms with van der Waals surface area (Å²) < 4.78 is 9.16. The second-order valence-electron chi connectivity index (χ2n) is 4.06. The molecule has 1 aromatic carbocycles. The van der Waals surface area contributed by atoms with Gasteiger partial charge in [0.1, 0.15) is 0 Å². The summed E-state index contributed by atoms with van der Waals surface area (Å²) in [7, 11) is 2.33. The molecule has 2 amide bonds. The normalized spacial score (nSPS) is 13.5. The highest BCUT2D eigenvalue weighted by Gasteiger charge is 2.27. The Hall–Kier alpha value is -2.96. The van der Waals surface area contributed by atoms with Crippen LogP contribution in [0, 0.1) is 0 Å². The van der Waals surface area contributed by atoms with Gasteiger partial charge in [-0.25, -0.2) is 14.5 Å². The summed E-state index contributed by atoms with van der Waals surface area (Å²) in [5, 5.41) is 0. The van der Waals surface area contributed by atoms with Crippen molar-refractivity contribution >= 4 is 29.4 Å². The van der Waals surface area contributed by atoms with Gasteiger partial charge in [-0.3, -0.25) is 9.59 Å². The number of hydrogen-bond donors (Lipinski definition) is 0. The summed E-state index contributed by atoms with van der Waals surface area (Å²) in [6, 6.07) is 3.91. The monoisotopic (exact) mass is 289 g/mol. The first-order chi connectivity index (χ1) is 9.99. The van der Waals surface area contributed by atoms with Crippen LogP contribution in [-0.4, -0.2) is 38.0 Å². The smallest absolute Gasteiger partial charge is 0.338 e. The Morgan fingerprint density at radius 2 is 1.43 bits per heavy atom. The van der Waals surface area contributed by atoms with Crippen LogP contribution in [0.5, 0.6) is 0 Å². The van der Waals surface area contributed by atoms with Crippen molar-refractivity contribution in [2.24, 2.45) is 0 Å². The molecule has 1 heterocycles. The summed E-state index contributed by atoms with van der Waals surface area (Å²) >= 11 is 0. The van der Waals surface area contributed by atoms with E-state index in [0.29, 0.717) is 0 Å². The summed E-state index contributed by atoms with van der Waals surface area (Å²) in [6.07, 6.45) is 2.24. The summed E-state index contributed by atoms with van der Waals surface area (Å²) in [4.78, 5) is 47.5. The number of methoxy groups -OCH3 is 2. The molecule has 1 aromatic rings. The van der Waals surface area contributed by atoms with Crippen LogP contribution in [0.1, 0.15) is 20.7 Å². The van der Waals surface area contributed by atoms with Crippen molar-refractivity contribution in [3.05, 3.63) is 41.5 Å². The van der Waals surface area contributed by atoms with Crippen LogP contribution in [0.4, 0.5) is 5.69 Å². The first-order valence-electron chi connectivity index (χ1n) is 5.86. The number of nitrogens with zero attached hydrogens (tertiary/aromatic N) is 1. The van der Waals surface area contributed by atoms with Crippen LogP contribution in [0.2, 0.25) is 0 Å². The van der Waals surface area contributed by atoms with E-state index in [1.54, 1.807) is 0 Å². The first-order valence-corrected chi connectivity index (χ1v) is 5.86. The molecule has 0 aliphatic carbocycles. The molecule has 0 fully saturated rings. The molecule has 0 spiro atoms. The zero-order valence-electron chi connectivity index (χ0n) is 11.3. The fourth-order valence-corrected chi connectivity index (χ4v) is 1.89. The number of carbonyl (C=O) groups is 4. The van der Waals surface area contributed by atoms with Gasteiger partial charge in [-0.05, 0) is 18.2 Å². The third-order valence-electron chi connectivity index (χ3n) is 2.88. The van der Waals surface area contributed by atoms with E-state index in [9.17, 15) is 19.2 Å². The zero-order chi connectivity index (χ0) is 15.6. The third kappa shape index (κ3) is 2.53. The summed E-state index contributed by atoms with van der Waals surface area (Å²) in [5.74, 6) is -2.55. The molecule has 0 aromatic heterocycles. The topological polar surface area (TPSA) is 90.0 Å². The Morgan fingerprint density at radius 1 is 0.905 bits per heavy atom. The van der Waals surface area contributed by atoms with Gasteiger partial charge in [0, 0.05) is 12.2 Å². The Labute approximate surface area is 119 Å². The minimum Gasteiger partial charge on any atom is -0.465 e. The molecule has 1 aliphatic heterocycles. The average Bonchev–Trinajstić information content (AvgIpc) is 2.84. The lowest BCUT2D eigenvalue weighted by Crippen LogP contribution is -2.30. The molecule has 0 saturated carbocycles. The molecule has 7 heteroatoms. The minimum absolute atomic E-state index is 0.0137. The molecule has 0 saturated heterocycles. The van der Waals surface area contributed by atoms with Crippen molar-refractivity contribution in [3.8, 4) is 0 Å². The third-order valence-corrected chi connectivity index (χ3v) is 2.88. The first kappa shape index (κ1) is 14.4. The van der Waals surface area contributed by atoms with E-state index in [1.807, 2.05) is 0 Å². The number of imide groups is 1. The van der Waals surface area contributed by atoms with Crippen LogP contribution >= 0.6 is 0 Å². The van der Waals surface area contributed by atoms with Gasteiger partial charge in [0.2, 0.25) is 0 Å². The average molecular weight is 289 g/mol. The van der Waals surface area contributed by atoms with E-state index >= 15 is 0 Å². The fourth-order valence-electron chi connectivity index (χ4n) is 1.89. The zero-order valence-corrected chi connectivity index (χ0v) is 11.3. The Bertz CT molecular complexity index is 658. The molecule has 0 unspecified atom stereocenters. The highest BCUT2D eigenvalue weighted by molar-refractivity contribution is 6.28. The fraction of sp³-hybridized carbons (Fsp3) is 0.143. The minimum atomic E-state index is -0.774. The van der Waals surface area contributed by atoms with Crippen LogP contribution in [0.3, 0.4) is 0 Å². The number of hydrogen-bond acceptors (Lipinski definition) is 6. The molecular weight excluding hydrogens is 278 g/mol. The van der Waals surface area contributed by atoms with Gasteiger partial charge < -0.3 is 9.47 Å². The standard InChI is InChI=1S/C14H11NO6/c1-20-13(18)9-4-3-8(7-10(9)14(19)21-2)15-11(16)5-6-12(15)17/h3-7H,1-2H3. The highest BCUT2D eigenvalue weighted by atomic mass is 16.5. The number of esters is 2. The SMILES string of the molecule is COC(=O)c1ccc(N2C(=O)C=CC2=O)cc1C(=O)OC. The van der Waals surface area contributed by atoms with Crippen molar-refractivity contribution in [1.82, 2.24) is 0 Å². The number of ether oxygens (including phenoxy) is 2. The maximum absolute atomic E-state index is 11.8. The number of amides is 2. The van der Waals surface area contributed by atoms with Gasteiger partial charge >= 0.3 is 11.9 Å². The molecule has 0 atom stereocenters. The number of rotatable bonds is 3. The van der Waals surface area contributed by atoms with E-state index < -0.39 is 23.8 Å². The van der Waals surface area contributed by atoms with Gasteiger partial charge in [-0.2, -0.15) is 0 Å². The molecular formula is C14H11NO6. The highest BCUT2D eigenvalue weighted by Crippen LogP contribution is 2.24. The van der Waals surface area contributed by atoms with Crippen molar-refractivity contribution in [1.29, 1.82) is 0 Å². The Morgan fingerprint density at radius 3 is 1.95 bits per heavy atom. The second kappa shape index (κ2) is 5.58. The van der Waals surface area contributed by atoms with E-state index in [4.69, 9.17) is 0 Å². The van der Waals surface area contributed by atoms with Gasteiger partial charge in [0.25, 0.3) is 11.8 Å². The van der Waals surface area contributed by atoms with E-state index in [-0.39, 0.29) is 16.8 Å². The lowest BCUT2D eigenvalue weighted by atomic mass is 10.1. The van der Waals surface area contributed by atoms with Crippen molar-refractivity contribution < 1.29 is 28.7 Å². The Balaban J connectivity index is 2.52. The van der Waals surface area contributed by atoms with Crippen molar-refractivity contribution in [2.75, 3.05) is 19.1 Å². The molecule has 7 nitrogen and oxygen atoms in total. The Kier molecular flexibility index (Phi) is 3.84. The van der Waals surface area contributed by atoms with E-state index in [1.165, 1.54) is 25.3 Å². The van der Waals surface area contributed by atoms with Crippen LogP contribution in [0.15, 0.2) is 30.4 Å². The second-order valence-corrected chi connectivity index (χ2v) is 4.06. The van der Waals surface area contributed by atoms with Crippen LogP contribution < -0.4 is 4.90 Å². The number of anilines is 1. The summed E-state index contributed by atoms with van der Waals surface area (Å²) in [6.45, 7) is 0. The van der Waals surface area contributed by atoms with E-state index in [0.717, 1.165) is 24.2 Å². The number of carbonyl (C=O) groups excluding carboxylic acids is 4. The van der Waals surface area contributed by atoms with Gasteiger partial charge in [0.05, 0.1) is 31.0 Å². The van der Waals surface area contributed by atoms with Crippen LogP contribution in [-0.2, 0) is 19.1 Å². The van der Waals surface area contributed by atoms with Crippen LogP contribution in [0.25, 0.3) is 0 Å². The quantitative estimate of drug-likeness (QED) is 0.600. The lowest BCUT2D eigenvalue weighted by Gasteiger charge is -2.16. The van der Waals surface area contributed by atoms with Gasteiger partial charge in [-0.15, -0.1) is 0 Å². The summed E-state index contributed by atoms with van der Waals surface area (Å²) in [5.41, 5.74) is 0.0672. The maximum atomic E-state index is 11.8. The van der Waals surface area contributed by atoms with Gasteiger partial charge in [-0.1, -0.05) is 0 Å². The molecule has 1 aliphatic rings. The van der Waals surface area contributed by atoms with Gasteiger partial charge in [0.15, 0.2) is 0 Å². The predicted octanol–water partition coefficient (Wildman–Crippen LogP) is 0.689. The maximum Gasteiger partial charge on any atom is 0.338 e. The molecule has 0 radical (unpaired) electrons.